The Morgan fingerprint density at radius 1 is 0.909 bits per heavy atom. The van der Waals surface area contributed by atoms with Crippen molar-refractivity contribution in [1.82, 2.24) is 0 Å². The fourth-order valence-electron chi connectivity index (χ4n) is 3.55. The van der Waals surface area contributed by atoms with E-state index in [1.165, 1.54) is 60.7 Å². The molecule has 1 aliphatic heterocycles. The Kier molecular flexibility index (Phi) is 5.09. The highest BCUT2D eigenvalue weighted by molar-refractivity contribution is 6.59. The van der Waals surface area contributed by atoms with Crippen LogP contribution in [-0.4, -0.2) is 8.80 Å². The van der Waals surface area contributed by atoms with E-state index in [0.29, 0.717) is 0 Å². The second-order valence-corrected chi connectivity index (χ2v) is 9.40. The lowest BCUT2D eigenvalue weighted by atomic mass is 9.92. The lowest BCUT2D eigenvalue weighted by molar-refractivity contribution is 0.606. The summed E-state index contributed by atoms with van der Waals surface area (Å²) in [7, 11) is -0.0287. The molecular weight excluding hydrogens is 287 g/mol. The van der Waals surface area contributed by atoms with Crippen molar-refractivity contribution in [1.29, 1.82) is 0 Å². The zero-order valence-corrected chi connectivity index (χ0v) is 14.3. The fourth-order valence-corrected chi connectivity index (χ4v) is 6.52. The molecule has 2 aromatic rings. The van der Waals surface area contributed by atoms with Crippen LogP contribution in [-0.2, 0) is 0 Å². The summed E-state index contributed by atoms with van der Waals surface area (Å²) in [6, 6.07) is 20.2. The lowest BCUT2D eigenvalue weighted by Crippen LogP contribution is -2.19. The van der Waals surface area contributed by atoms with Crippen molar-refractivity contribution in [3.8, 4) is 11.1 Å². The maximum Gasteiger partial charge on any atom is 0.123 e. The molecular formula is C20H24FSi. The van der Waals surface area contributed by atoms with E-state index >= 15 is 0 Å². The summed E-state index contributed by atoms with van der Waals surface area (Å²) in [6.45, 7) is 2.32. The molecule has 2 heteroatoms. The Hall–Kier alpha value is -1.41. The van der Waals surface area contributed by atoms with E-state index in [2.05, 4.69) is 31.2 Å². The van der Waals surface area contributed by atoms with Crippen molar-refractivity contribution >= 4 is 8.80 Å². The third-order valence-electron chi connectivity index (χ3n) is 4.86. The smallest absolute Gasteiger partial charge is 0.123 e. The van der Waals surface area contributed by atoms with Crippen LogP contribution >= 0.6 is 0 Å². The first-order chi connectivity index (χ1) is 10.8. The topological polar surface area (TPSA) is 0 Å². The summed E-state index contributed by atoms with van der Waals surface area (Å²) in [4.78, 5) is 0. The molecule has 1 saturated heterocycles. The highest BCUT2D eigenvalue weighted by atomic mass is 28.3. The monoisotopic (exact) mass is 311 g/mol. The number of hydrogen-bond donors (Lipinski definition) is 0. The molecule has 1 heterocycles. The lowest BCUT2D eigenvalue weighted by Gasteiger charge is -2.27. The molecule has 1 aliphatic rings. The third-order valence-corrected chi connectivity index (χ3v) is 8.05. The molecule has 0 saturated carbocycles. The van der Waals surface area contributed by atoms with E-state index in [4.69, 9.17) is 0 Å². The predicted molar refractivity (Wildman–Crippen MR) is 94.3 cm³/mol. The van der Waals surface area contributed by atoms with Gasteiger partial charge in [0.2, 0.25) is 0 Å². The summed E-state index contributed by atoms with van der Waals surface area (Å²) in [5.74, 6) is 0.583. The Bertz CT molecular complexity index is 580. The third kappa shape index (κ3) is 3.67. The minimum Gasteiger partial charge on any atom is -0.207 e. The maximum atomic E-state index is 13.0. The van der Waals surface area contributed by atoms with Crippen LogP contribution in [0, 0.1) is 5.82 Å². The number of benzene rings is 2. The molecule has 0 amide bonds. The fraction of sp³-hybridized carbons (Fsp3) is 0.400. The van der Waals surface area contributed by atoms with Gasteiger partial charge in [0.25, 0.3) is 0 Å². The van der Waals surface area contributed by atoms with E-state index in [-0.39, 0.29) is 14.6 Å². The van der Waals surface area contributed by atoms with Crippen LogP contribution in [0.15, 0.2) is 48.5 Å². The summed E-state index contributed by atoms with van der Waals surface area (Å²) in [5.41, 5.74) is 3.75. The molecule has 0 aromatic heterocycles. The van der Waals surface area contributed by atoms with Crippen LogP contribution < -0.4 is 0 Å². The largest absolute Gasteiger partial charge is 0.207 e. The molecule has 1 fully saturated rings. The van der Waals surface area contributed by atoms with Gasteiger partial charge < -0.3 is 0 Å². The molecule has 0 N–H and O–H groups in total. The van der Waals surface area contributed by atoms with Crippen molar-refractivity contribution in [3.63, 3.8) is 0 Å². The van der Waals surface area contributed by atoms with E-state index < -0.39 is 0 Å². The van der Waals surface area contributed by atoms with Crippen molar-refractivity contribution in [2.24, 2.45) is 0 Å². The SMILES string of the molecule is CCC[Si]1CCC(c2ccc(-c3ccc(F)cc3)cc2)CC1. The molecule has 0 aliphatic carbocycles. The molecule has 115 valence electrons. The molecule has 2 aromatic carbocycles. The van der Waals surface area contributed by atoms with Gasteiger partial charge in [-0.3, -0.25) is 0 Å². The molecule has 0 spiro atoms. The van der Waals surface area contributed by atoms with Crippen LogP contribution in [0.5, 0.6) is 0 Å². The highest BCUT2D eigenvalue weighted by Crippen LogP contribution is 2.35. The van der Waals surface area contributed by atoms with Crippen molar-refractivity contribution in [3.05, 3.63) is 59.9 Å². The number of hydrogen-bond acceptors (Lipinski definition) is 0. The second kappa shape index (κ2) is 7.23. The summed E-state index contributed by atoms with van der Waals surface area (Å²) < 4.78 is 13.0. The average molecular weight is 311 g/mol. The molecule has 0 atom stereocenters. The van der Waals surface area contributed by atoms with E-state index in [9.17, 15) is 4.39 Å². The zero-order valence-electron chi connectivity index (χ0n) is 13.3. The molecule has 0 unspecified atom stereocenters. The van der Waals surface area contributed by atoms with Crippen LogP contribution in [0.25, 0.3) is 11.1 Å². The van der Waals surface area contributed by atoms with Gasteiger partial charge in [-0.2, -0.15) is 0 Å². The van der Waals surface area contributed by atoms with E-state index in [1.807, 2.05) is 12.1 Å². The molecule has 0 bridgehead atoms. The van der Waals surface area contributed by atoms with E-state index in [1.54, 1.807) is 0 Å². The van der Waals surface area contributed by atoms with Crippen molar-refractivity contribution in [2.75, 3.05) is 0 Å². The van der Waals surface area contributed by atoms with Crippen LogP contribution in [0.1, 0.15) is 37.7 Å². The molecule has 22 heavy (non-hydrogen) atoms. The predicted octanol–water partition coefficient (Wildman–Crippen LogP) is 6.27. The van der Waals surface area contributed by atoms with Crippen LogP contribution in [0.3, 0.4) is 0 Å². The van der Waals surface area contributed by atoms with E-state index in [0.717, 1.165) is 11.5 Å². The van der Waals surface area contributed by atoms with Gasteiger partial charge in [0.1, 0.15) is 5.82 Å². The molecule has 0 nitrogen and oxygen atoms in total. The minimum atomic E-state index is -0.174. The Morgan fingerprint density at radius 3 is 2.00 bits per heavy atom. The highest BCUT2D eigenvalue weighted by Gasteiger charge is 2.22. The summed E-state index contributed by atoms with van der Waals surface area (Å²) >= 11 is 0. The molecule has 3 rings (SSSR count). The Balaban J connectivity index is 1.66. The van der Waals surface area contributed by atoms with Gasteiger partial charge in [0, 0.05) is 8.80 Å². The summed E-state index contributed by atoms with van der Waals surface area (Å²) in [6.07, 6.45) is 4.12. The van der Waals surface area contributed by atoms with Crippen LogP contribution in [0.2, 0.25) is 18.1 Å². The van der Waals surface area contributed by atoms with Gasteiger partial charge in [0.15, 0.2) is 0 Å². The zero-order chi connectivity index (χ0) is 15.4. The van der Waals surface area contributed by atoms with Gasteiger partial charge in [-0.25, -0.2) is 4.39 Å². The van der Waals surface area contributed by atoms with Crippen molar-refractivity contribution in [2.45, 2.75) is 50.2 Å². The first-order valence-electron chi connectivity index (χ1n) is 8.45. The normalized spacial score (nSPS) is 16.8. The average Bonchev–Trinajstić information content (AvgIpc) is 2.57. The van der Waals surface area contributed by atoms with Gasteiger partial charge in [0.05, 0.1) is 0 Å². The van der Waals surface area contributed by atoms with Gasteiger partial charge in [-0.05, 0) is 47.6 Å². The quantitative estimate of drug-likeness (QED) is 0.583. The number of rotatable bonds is 4. The second-order valence-electron chi connectivity index (χ2n) is 6.40. The first-order valence-corrected chi connectivity index (χ1v) is 10.6. The van der Waals surface area contributed by atoms with Gasteiger partial charge in [-0.15, -0.1) is 0 Å². The molecule has 1 radical (unpaired) electrons. The maximum absolute atomic E-state index is 13.0. The number of halogens is 1. The Labute approximate surface area is 135 Å². The van der Waals surface area contributed by atoms with Gasteiger partial charge in [-0.1, -0.05) is 67.9 Å². The van der Waals surface area contributed by atoms with Crippen LogP contribution in [0.4, 0.5) is 4.39 Å². The van der Waals surface area contributed by atoms with Gasteiger partial charge >= 0.3 is 0 Å². The van der Waals surface area contributed by atoms with Crippen molar-refractivity contribution < 1.29 is 4.39 Å². The first kappa shape index (κ1) is 15.5. The summed E-state index contributed by atoms with van der Waals surface area (Å²) in [5, 5.41) is 0. The Morgan fingerprint density at radius 2 is 1.45 bits per heavy atom. The minimum absolute atomic E-state index is 0.0287. The standard InChI is InChI=1S/C20H24FSi/c1-2-13-22-14-11-19(12-15-22)17-5-3-16(4-6-17)18-7-9-20(21)10-8-18/h3-10,19H,2,11-15H2,1H3.